The first kappa shape index (κ1) is 10.3. The molecule has 13 heavy (non-hydrogen) atoms. The zero-order valence-electron chi connectivity index (χ0n) is 7.75. The Kier molecular flexibility index (Phi) is 3.96. The third-order valence-electron chi connectivity index (χ3n) is 1.94. The summed E-state index contributed by atoms with van der Waals surface area (Å²) in [6, 6.07) is 2.28. The molecular formula is C10H14O2S. The van der Waals surface area contributed by atoms with Crippen LogP contribution in [0.1, 0.15) is 30.2 Å². The van der Waals surface area contributed by atoms with E-state index >= 15 is 0 Å². The van der Waals surface area contributed by atoms with Crippen LogP contribution in [-0.2, 0) is 17.6 Å². The second kappa shape index (κ2) is 5.02. The van der Waals surface area contributed by atoms with Crippen molar-refractivity contribution in [3.05, 3.63) is 21.9 Å². The Balaban J connectivity index is 0.000000184. The molecule has 0 atom stereocenters. The zero-order chi connectivity index (χ0) is 9.68. The van der Waals surface area contributed by atoms with Gasteiger partial charge in [-0.2, -0.15) is 0 Å². The monoisotopic (exact) mass is 198 g/mol. The van der Waals surface area contributed by atoms with Crippen LogP contribution in [-0.4, -0.2) is 11.1 Å². The molecule has 0 fully saturated rings. The van der Waals surface area contributed by atoms with Gasteiger partial charge in [0.1, 0.15) is 0 Å². The summed E-state index contributed by atoms with van der Waals surface area (Å²) >= 11 is 1.93. The lowest BCUT2D eigenvalue weighted by molar-refractivity contribution is -0.134. The lowest BCUT2D eigenvalue weighted by atomic mass is 10.00. The van der Waals surface area contributed by atoms with E-state index in [1.54, 1.807) is 10.4 Å². The van der Waals surface area contributed by atoms with Crippen molar-refractivity contribution in [3.63, 3.8) is 0 Å². The molecule has 0 bridgehead atoms. The largest absolute Gasteiger partial charge is 0.481 e. The Bertz CT molecular complexity index is 254. The summed E-state index contributed by atoms with van der Waals surface area (Å²) < 4.78 is 0. The van der Waals surface area contributed by atoms with Gasteiger partial charge in [-0.15, -0.1) is 11.3 Å². The molecule has 1 aromatic heterocycles. The fourth-order valence-electron chi connectivity index (χ4n) is 1.41. The molecule has 0 saturated carbocycles. The number of carbonyl (C=O) groups is 1. The van der Waals surface area contributed by atoms with Gasteiger partial charge >= 0.3 is 0 Å². The van der Waals surface area contributed by atoms with Crippen molar-refractivity contribution in [1.29, 1.82) is 0 Å². The standard InChI is InChI=1S/C8H10S.C2H4O2/c1-2-4-8-7(3-1)5-6-9-8;1-2(3)4/h5-6H,1-4H2;1H3,(H,3,4). The summed E-state index contributed by atoms with van der Waals surface area (Å²) in [5, 5.41) is 9.63. The van der Waals surface area contributed by atoms with Crippen molar-refractivity contribution in [2.24, 2.45) is 0 Å². The van der Waals surface area contributed by atoms with Crippen LogP contribution < -0.4 is 0 Å². The lowest BCUT2D eigenvalue weighted by Gasteiger charge is -2.08. The van der Waals surface area contributed by atoms with Crippen LogP contribution in [0.2, 0.25) is 0 Å². The Hall–Kier alpha value is -0.830. The predicted molar refractivity (Wildman–Crippen MR) is 54.3 cm³/mol. The summed E-state index contributed by atoms with van der Waals surface area (Å²) in [6.07, 6.45) is 5.49. The van der Waals surface area contributed by atoms with Gasteiger partial charge in [0.2, 0.25) is 0 Å². The Morgan fingerprint density at radius 1 is 1.46 bits per heavy atom. The second-order valence-electron chi connectivity index (χ2n) is 3.10. The molecule has 0 radical (unpaired) electrons. The molecule has 1 aromatic rings. The molecule has 3 heteroatoms. The van der Waals surface area contributed by atoms with Crippen LogP contribution in [0.5, 0.6) is 0 Å². The highest BCUT2D eigenvalue weighted by atomic mass is 32.1. The third-order valence-corrected chi connectivity index (χ3v) is 2.96. The van der Waals surface area contributed by atoms with Crippen LogP contribution in [0.3, 0.4) is 0 Å². The second-order valence-corrected chi connectivity index (χ2v) is 4.10. The number of thiophene rings is 1. The van der Waals surface area contributed by atoms with Gasteiger partial charge in [-0.3, -0.25) is 4.79 Å². The molecular weight excluding hydrogens is 184 g/mol. The molecule has 72 valence electrons. The van der Waals surface area contributed by atoms with Gasteiger partial charge in [-0.05, 0) is 42.7 Å². The average Bonchev–Trinajstić information content (AvgIpc) is 2.49. The van der Waals surface area contributed by atoms with Gasteiger partial charge in [0, 0.05) is 11.8 Å². The molecule has 0 saturated heterocycles. The first-order valence-electron chi connectivity index (χ1n) is 4.45. The van der Waals surface area contributed by atoms with E-state index in [0.717, 1.165) is 6.92 Å². The number of fused-ring (bicyclic) bond motifs is 1. The molecule has 0 unspecified atom stereocenters. The van der Waals surface area contributed by atoms with Gasteiger partial charge in [0.25, 0.3) is 5.97 Å². The number of hydrogen-bond acceptors (Lipinski definition) is 2. The number of aliphatic carboxylic acids is 1. The van der Waals surface area contributed by atoms with Gasteiger partial charge in [-0.25, -0.2) is 0 Å². The SMILES string of the molecule is CC(=O)O.c1cc2c(s1)CCCC2. The third kappa shape index (κ3) is 3.59. The Morgan fingerprint density at radius 3 is 2.69 bits per heavy atom. The predicted octanol–water partition coefficient (Wildman–Crippen LogP) is 2.72. The van der Waals surface area contributed by atoms with Gasteiger partial charge in [0.05, 0.1) is 0 Å². The van der Waals surface area contributed by atoms with Crippen LogP contribution in [0.4, 0.5) is 0 Å². The minimum Gasteiger partial charge on any atom is -0.481 e. The average molecular weight is 198 g/mol. The molecule has 2 nitrogen and oxygen atoms in total. The van der Waals surface area contributed by atoms with Gasteiger partial charge in [-0.1, -0.05) is 0 Å². The maximum atomic E-state index is 9.00. The fraction of sp³-hybridized carbons (Fsp3) is 0.500. The minimum absolute atomic E-state index is 0.833. The van der Waals surface area contributed by atoms with E-state index in [9.17, 15) is 0 Å². The molecule has 0 amide bonds. The van der Waals surface area contributed by atoms with E-state index in [0.29, 0.717) is 0 Å². The number of rotatable bonds is 0. The van der Waals surface area contributed by atoms with E-state index in [4.69, 9.17) is 9.90 Å². The highest BCUT2D eigenvalue weighted by molar-refractivity contribution is 7.10. The first-order chi connectivity index (χ1) is 6.20. The smallest absolute Gasteiger partial charge is 0.300 e. The zero-order valence-corrected chi connectivity index (χ0v) is 8.56. The van der Waals surface area contributed by atoms with Crippen molar-refractivity contribution in [2.75, 3.05) is 0 Å². The summed E-state index contributed by atoms with van der Waals surface area (Å²) in [6.45, 7) is 1.08. The number of carboxylic acids is 1. The van der Waals surface area contributed by atoms with Crippen molar-refractivity contribution in [2.45, 2.75) is 32.6 Å². The summed E-state index contributed by atoms with van der Waals surface area (Å²) in [5.74, 6) is -0.833. The van der Waals surface area contributed by atoms with E-state index in [2.05, 4.69) is 11.4 Å². The summed E-state index contributed by atoms with van der Waals surface area (Å²) in [5.41, 5.74) is 1.62. The molecule has 1 aliphatic carbocycles. The molecule has 1 heterocycles. The van der Waals surface area contributed by atoms with Crippen molar-refractivity contribution in [1.82, 2.24) is 0 Å². The van der Waals surface area contributed by atoms with Crippen molar-refractivity contribution in [3.8, 4) is 0 Å². The number of hydrogen-bond donors (Lipinski definition) is 1. The van der Waals surface area contributed by atoms with Crippen molar-refractivity contribution >= 4 is 17.3 Å². The highest BCUT2D eigenvalue weighted by Crippen LogP contribution is 2.25. The van der Waals surface area contributed by atoms with E-state index < -0.39 is 5.97 Å². The molecule has 0 spiro atoms. The van der Waals surface area contributed by atoms with E-state index in [1.807, 2.05) is 11.3 Å². The fourth-order valence-corrected chi connectivity index (χ4v) is 2.39. The highest BCUT2D eigenvalue weighted by Gasteiger charge is 2.08. The van der Waals surface area contributed by atoms with Crippen molar-refractivity contribution < 1.29 is 9.90 Å². The maximum Gasteiger partial charge on any atom is 0.300 e. The topological polar surface area (TPSA) is 37.3 Å². The summed E-state index contributed by atoms with van der Waals surface area (Å²) in [4.78, 5) is 10.6. The Morgan fingerprint density at radius 2 is 2.08 bits per heavy atom. The van der Waals surface area contributed by atoms with E-state index in [1.165, 1.54) is 25.7 Å². The van der Waals surface area contributed by atoms with Crippen LogP contribution in [0.25, 0.3) is 0 Å². The lowest BCUT2D eigenvalue weighted by Crippen LogP contribution is -1.96. The van der Waals surface area contributed by atoms with E-state index in [-0.39, 0.29) is 0 Å². The minimum atomic E-state index is -0.833. The molecule has 1 N–H and O–H groups in total. The molecule has 0 aliphatic heterocycles. The number of carboxylic acid groups (broad SMARTS) is 1. The quantitative estimate of drug-likeness (QED) is 0.696. The number of aryl methyl sites for hydroxylation is 2. The van der Waals surface area contributed by atoms with Crippen LogP contribution in [0, 0.1) is 0 Å². The van der Waals surface area contributed by atoms with Gasteiger partial charge in [0.15, 0.2) is 0 Å². The van der Waals surface area contributed by atoms with Crippen LogP contribution >= 0.6 is 11.3 Å². The van der Waals surface area contributed by atoms with Gasteiger partial charge < -0.3 is 5.11 Å². The maximum absolute atomic E-state index is 9.00. The normalized spacial score (nSPS) is 13.9. The molecule has 2 rings (SSSR count). The first-order valence-corrected chi connectivity index (χ1v) is 5.33. The molecule has 0 aromatic carbocycles. The summed E-state index contributed by atoms with van der Waals surface area (Å²) in [7, 11) is 0. The Labute approximate surface area is 82.2 Å². The molecule has 1 aliphatic rings. The van der Waals surface area contributed by atoms with Crippen LogP contribution in [0.15, 0.2) is 11.4 Å².